The second kappa shape index (κ2) is 12.2. The topological polar surface area (TPSA) is 42.1 Å². The summed E-state index contributed by atoms with van der Waals surface area (Å²) < 4.78 is 0. The fraction of sp³-hybridized carbons (Fsp3) is 0.567. The summed E-state index contributed by atoms with van der Waals surface area (Å²) in [6.07, 6.45) is 4.92. The highest BCUT2D eigenvalue weighted by Gasteiger charge is 2.26. The van der Waals surface area contributed by atoms with E-state index in [0.717, 1.165) is 64.5 Å². The van der Waals surface area contributed by atoms with Crippen LogP contribution in [-0.4, -0.2) is 91.6 Å². The smallest absolute Gasteiger partial charge is 0.253 e. The molecule has 36 heavy (non-hydrogen) atoms. The van der Waals surface area contributed by atoms with Gasteiger partial charge in [-0.05, 0) is 68.6 Å². The minimum atomic E-state index is 0.175. The highest BCUT2D eigenvalue weighted by atomic mass is 16.2. The molecule has 1 atom stereocenters. The van der Waals surface area contributed by atoms with Gasteiger partial charge in [-0.15, -0.1) is 0 Å². The molecule has 3 aliphatic rings. The first-order valence-electron chi connectivity index (χ1n) is 14.1. The number of nitrogens with zero attached hydrogens (tertiary/aromatic N) is 4. The number of carbonyl (C=O) groups is 1. The van der Waals surface area contributed by atoms with E-state index < -0.39 is 0 Å². The largest absolute Gasteiger partial charge is 0.371 e. The summed E-state index contributed by atoms with van der Waals surface area (Å²) >= 11 is 0. The van der Waals surface area contributed by atoms with Gasteiger partial charge in [0, 0.05) is 75.7 Å². The summed E-state index contributed by atoms with van der Waals surface area (Å²) in [4.78, 5) is 22.4. The third-order valence-electron chi connectivity index (χ3n) is 8.31. The molecule has 0 radical (unpaired) electrons. The van der Waals surface area contributed by atoms with Gasteiger partial charge in [-0.2, -0.15) is 0 Å². The number of benzene rings is 2. The lowest BCUT2D eigenvalue weighted by molar-refractivity contribution is 0.0643. The summed E-state index contributed by atoms with van der Waals surface area (Å²) in [6.45, 7) is 12.4. The Balaban J connectivity index is 1.07. The Morgan fingerprint density at radius 2 is 1.53 bits per heavy atom. The van der Waals surface area contributed by atoms with Gasteiger partial charge in [0.2, 0.25) is 0 Å². The summed E-state index contributed by atoms with van der Waals surface area (Å²) in [7, 11) is 0. The molecule has 2 aromatic carbocycles. The van der Waals surface area contributed by atoms with Gasteiger partial charge in [-0.1, -0.05) is 37.3 Å². The highest BCUT2D eigenvalue weighted by Crippen LogP contribution is 2.23. The molecule has 3 aliphatic heterocycles. The molecular weight excluding hydrogens is 446 g/mol. The number of nitrogens with one attached hydrogen (secondary N) is 1. The van der Waals surface area contributed by atoms with Crippen molar-refractivity contribution in [2.24, 2.45) is 0 Å². The first-order chi connectivity index (χ1) is 17.7. The number of hydrogen-bond donors (Lipinski definition) is 1. The predicted octanol–water partition coefficient (Wildman–Crippen LogP) is 3.69. The maximum atomic E-state index is 12.9. The van der Waals surface area contributed by atoms with E-state index in [-0.39, 0.29) is 5.91 Å². The molecule has 0 bridgehead atoms. The van der Waals surface area contributed by atoms with Crippen molar-refractivity contribution in [3.63, 3.8) is 0 Å². The molecule has 0 aliphatic carbocycles. The monoisotopic (exact) mass is 489 g/mol. The Hall–Kier alpha value is -2.41. The van der Waals surface area contributed by atoms with Crippen LogP contribution in [0.25, 0.3) is 0 Å². The zero-order valence-electron chi connectivity index (χ0n) is 21.9. The maximum absolute atomic E-state index is 12.9. The SMILES string of the molecule is CCN1CCN(C(=O)c2ccc(N3CCC(N[C@@H]4CCCN(Cc5ccccc5)C4)CC3)cc2)CC1. The first kappa shape index (κ1) is 25.2. The average Bonchev–Trinajstić information content (AvgIpc) is 2.94. The summed E-state index contributed by atoms with van der Waals surface area (Å²) in [5, 5.41) is 3.99. The highest BCUT2D eigenvalue weighted by molar-refractivity contribution is 5.94. The number of likely N-dealkylation sites (tertiary alicyclic amines) is 1. The van der Waals surface area contributed by atoms with Crippen molar-refractivity contribution in [3.05, 3.63) is 65.7 Å². The summed E-state index contributed by atoms with van der Waals surface area (Å²) in [6, 6.07) is 20.4. The van der Waals surface area contributed by atoms with E-state index in [0.29, 0.717) is 12.1 Å². The average molecular weight is 490 g/mol. The van der Waals surface area contributed by atoms with E-state index in [4.69, 9.17) is 0 Å². The minimum Gasteiger partial charge on any atom is -0.371 e. The van der Waals surface area contributed by atoms with Gasteiger partial charge >= 0.3 is 0 Å². The van der Waals surface area contributed by atoms with Gasteiger partial charge in [-0.25, -0.2) is 0 Å². The van der Waals surface area contributed by atoms with E-state index >= 15 is 0 Å². The van der Waals surface area contributed by atoms with Gasteiger partial charge in [0.05, 0.1) is 0 Å². The summed E-state index contributed by atoms with van der Waals surface area (Å²) in [5.41, 5.74) is 3.48. The van der Waals surface area contributed by atoms with Crippen LogP contribution in [0.3, 0.4) is 0 Å². The molecule has 3 saturated heterocycles. The Morgan fingerprint density at radius 1 is 0.806 bits per heavy atom. The number of piperidine rings is 2. The van der Waals surface area contributed by atoms with Gasteiger partial charge in [-0.3, -0.25) is 9.69 Å². The molecule has 3 heterocycles. The second-order valence-electron chi connectivity index (χ2n) is 10.8. The molecule has 6 heteroatoms. The number of rotatable bonds is 7. The molecule has 0 spiro atoms. The number of hydrogen-bond acceptors (Lipinski definition) is 5. The van der Waals surface area contributed by atoms with E-state index in [2.05, 4.69) is 69.4 Å². The lowest BCUT2D eigenvalue weighted by Crippen LogP contribution is -2.51. The van der Waals surface area contributed by atoms with Crippen molar-refractivity contribution in [2.75, 3.05) is 63.8 Å². The molecule has 0 unspecified atom stereocenters. The van der Waals surface area contributed by atoms with Crippen molar-refractivity contribution < 1.29 is 4.79 Å². The van der Waals surface area contributed by atoms with Gasteiger partial charge < -0.3 is 20.0 Å². The van der Waals surface area contributed by atoms with Crippen molar-refractivity contribution in [1.82, 2.24) is 20.0 Å². The minimum absolute atomic E-state index is 0.175. The fourth-order valence-corrected chi connectivity index (χ4v) is 6.08. The lowest BCUT2D eigenvalue weighted by atomic mass is 9.99. The molecule has 0 aromatic heterocycles. The van der Waals surface area contributed by atoms with Crippen LogP contribution in [-0.2, 0) is 6.54 Å². The van der Waals surface area contributed by atoms with Crippen LogP contribution in [0.4, 0.5) is 5.69 Å². The van der Waals surface area contributed by atoms with Crippen LogP contribution in [0.2, 0.25) is 0 Å². The Morgan fingerprint density at radius 3 is 2.22 bits per heavy atom. The standard InChI is InChI=1S/C30H43N5O/c1-2-32-19-21-35(22-20-32)30(36)26-10-12-29(13-11-26)34-17-14-27(15-18-34)31-28-9-6-16-33(24-28)23-25-7-4-3-5-8-25/h3-5,7-8,10-13,27-28,31H,2,6,9,14-24H2,1H3/t28-/m1/s1. The van der Waals surface area contributed by atoms with Crippen molar-refractivity contribution in [2.45, 2.75) is 51.2 Å². The van der Waals surface area contributed by atoms with Crippen LogP contribution >= 0.6 is 0 Å². The van der Waals surface area contributed by atoms with Gasteiger partial charge in [0.15, 0.2) is 0 Å². The number of piperazine rings is 1. The zero-order valence-corrected chi connectivity index (χ0v) is 21.9. The molecule has 0 saturated carbocycles. The van der Waals surface area contributed by atoms with Crippen LogP contribution in [0.15, 0.2) is 54.6 Å². The molecule has 1 N–H and O–H groups in total. The van der Waals surface area contributed by atoms with Crippen LogP contribution < -0.4 is 10.2 Å². The molecule has 3 fully saturated rings. The third kappa shape index (κ3) is 6.47. The van der Waals surface area contributed by atoms with Crippen LogP contribution in [0, 0.1) is 0 Å². The Bertz CT molecular complexity index is 949. The van der Waals surface area contributed by atoms with Crippen molar-refractivity contribution >= 4 is 11.6 Å². The van der Waals surface area contributed by atoms with Gasteiger partial charge in [0.1, 0.15) is 0 Å². The van der Waals surface area contributed by atoms with E-state index in [1.165, 1.54) is 43.5 Å². The summed E-state index contributed by atoms with van der Waals surface area (Å²) in [5.74, 6) is 0.175. The molecule has 1 amide bonds. The molecule has 6 nitrogen and oxygen atoms in total. The number of amides is 1. The first-order valence-corrected chi connectivity index (χ1v) is 14.1. The van der Waals surface area contributed by atoms with Crippen LogP contribution in [0.1, 0.15) is 48.5 Å². The number of likely N-dealkylation sites (N-methyl/N-ethyl adjacent to an activating group) is 1. The van der Waals surface area contributed by atoms with E-state index in [1.807, 2.05) is 17.0 Å². The van der Waals surface area contributed by atoms with Crippen LogP contribution in [0.5, 0.6) is 0 Å². The maximum Gasteiger partial charge on any atom is 0.253 e. The molecule has 5 rings (SSSR count). The quantitative estimate of drug-likeness (QED) is 0.643. The third-order valence-corrected chi connectivity index (χ3v) is 8.31. The predicted molar refractivity (Wildman–Crippen MR) is 148 cm³/mol. The zero-order chi connectivity index (χ0) is 24.7. The van der Waals surface area contributed by atoms with Gasteiger partial charge in [0.25, 0.3) is 5.91 Å². The fourth-order valence-electron chi connectivity index (χ4n) is 6.08. The Kier molecular flexibility index (Phi) is 8.57. The lowest BCUT2D eigenvalue weighted by Gasteiger charge is -2.39. The molecule has 194 valence electrons. The normalized spacial score (nSPS) is 22.6. The molecule has 2 aromatic rings. The Labute approximate surface area is 217 Å². The second-order valence-corrected chi connectivity index (χ2v) is 10.8. The molecular formula is C30H43N5O. The number of carbonyl (C=O) groups excluding carboxylic acids is 1. The van der Waals surface area contributed by atoms with Crippen molar-refractivity contribution in [3.8, 4) is 0 Å². The van der Waals surface area contributed by atoms with E-state index in [1.54, 1.807) is 0 Å². The number of anilines is 1. The van der Waals surface area contributed by atoms with E-state index in [9.17, 15) is 4.79 Å². The van der Waals surface area contributed by atoms with Crippen molar-refractivity contribution in [1.29, 1.82) is 0 Å².